The van der Waals surface area contributed by atoms with Crippen LogP contribution < -0.4 is 10.6 Å². The fourth-order valence-corrected chi connectivity index (χ4v) is 4.89. The lowest BCUT2D eigenvalue weighted by Gasteiger charge is -2.11. The summed E-state index contributed by atoms with van der Waals surface area (Å²) in [6, 6.07) is 5.49. The summed E-state index contributed by atoms with van der Waals surface area (Å²) in [6.07, 6.45) is 0.404. The average Bonchev–Trinajstić information content (AvgIpc) is 2.96. The Morgan fingerprint density at radius 1 is 1.07 bits per heavy atom. The number of fused-ring (bicyclic) bond motifs is 1. The van der Waals surface area contributed by atoms with Gasteiger partial charge in [-0.05, 0) is 51.0 Å². The largest absolute Gasteiger partial charge is 0.326 e. The van der Waals surface area contributed by atoms with Crippen LogP contribution in [0.2, 0.25) is 0 Å². The van der Waals surface area contributed by atoms with E-state index in [9.17, 15) is 9.59 Å². The average molecular weight is 429 g/mol. The molecule has 0 aliphatic rings. The second-order valence-corrected chi connectivity index (χ2v) is 8.97. The monoisotopic (exact) mass is 428 g/mol. The van der Waals surface area contributed by atoms with E-state index in [0.717, 1.165) is 20.8 Å². The minimum atomic E-state index is -0.124. The number of hydrogen-bond donors (Lipinski definition) is 2. The number of nitrogens with zero attached hydrogens (tertiary/aromatic N) is 2. The lowest BCUT2D eigenvalue weighted by molar-refractivity contribution is -0.116. The molecule has 0 saturated heterocycles. The molecular formula is C21H24N4O2S2. The van der Waals surface area contributed by atoms with Gasteiger partial charge < -0.3 is 10.6 Å². The van der Waals surface area contributed by atoms with E-state index in [2.05, 4.69) is 34.4 Å². The van der Waals surface area contributed by atoms with E-state index in [1.54, 1.807) is 24.3 Å². The zero-order valence-corrected chi connectivity index (χ0v) is 18.8. The summed E-state index contributed by atoms with van der Waals surface area (Å²) in [5.41, 5.74) is 3.48. The summed E-state index contributed by atoms with van der Waals surface area (Å²) in [4.78, 5) is 35.4. The second kappa shape index (κ2) is 8.92. The molecule has 0 aliphatic carbocycles. The van der Waals surface area contributed by atoms with Crippen LogP contribution in [0.3, 0.4) is 0 Å². The van der Waals surface area contributed by atoms with Gasteiger partial charge in [-0.15, -0.1) is 11.3 Å². The van der Waals surface area contributed by atoms with Crippen molar-refractivity contribution in [1.29, 1.82) is 0 Å². The highest BCUT2D eigenvalue weighted by Crippen LogP contribution is 2.35. The Bertz CT molecular complexity index is 1090. The van der Waals surface area contributed by atoms with E-state index in [-0.39, 0.29) is 17.6 Å². The maximum Gasteiger partial charge on any atom is 0.234 e. The molecule has 2 amide bonds. The third kappa shape index (κ3) is 4.94. The van der Waals surface area contributed by atoms with E-state index >= 15 is 0 Å². The Kier molecular flexibility index (Phi) is 6.54. The van der Waals surface area contributed by atoms with Gasteiger partial charge in [0.1, 0.15) is 15.7 Å². The molecule has 3 rings (SSSR count). The Hall–Kier alpha value is -2.45. The normalized spacial score (nSPS) is 10.9. The Morgan fingerprint density at radius 3 is 2.55 bits per heavy atom. The van der Waals surface area contributed by atoms with E-state index in [0.29, 0.717) is 23.6 Å². The number of nitrogens with one attached hydrogen (secondary N) is 2. The van der Waals surface area contributed by atoms with E-state index < -0.39 is 0 Å². The van der Waals surface area contributed by atoms with Gasteiger partial charge in [0.2, 0.25) is 11.8 Å². The van der Waals surface area contributed by atoms with E-state index in [1.807, 2.05) is 26.0 Å². The van der Waals surface area contributed by atoms with Crippen LogP contribution in [-0.4, -0.2) is 27.5 Å². The van der Waals surface area contributed by atoms with Gasteiger partial charge in [0.25, 0.3) is 0 Å². The Balaban J connectivity index is 1.72. The summed E-state index contributed by atoms with van der Waals surface area (Å²) in [5.74, 6) is 0.763. The maximum absolute atomic E-state index is 12.5. The van der Waals surface area contributed by atoms with Crippen molar-refractivity contribution in [2.24, 2.45) is 0 Å². The van der Waals surface area contributed by atoms with Crippen LogP contribution in [0.15, 0.2) is 23.2 Å². The van der Waals surface area contributed by atoms with E-state index in [4.69, 9.17) is 0 Å². The molecule has 1 aromatic carbocycles. The van der Waals surface area contributed by atoms with Crippen LogP contribution in [0.1, 0.15) is 35.2 Å². The fraction of sp³-hybridized carbons (Fsp3) is 0.333. The third-order valence-corrected chi connectivity index (χ3v) is 6.64. The van der Waals surface area contributed by atoms with Gasteiger partial charge in [-0.1, -0.05) is 24.8 Å². The molecule has 0 bridgehead atoms. The van der Waals surface area contributed by atoms with Gasteiger partial charge >= 0.3 is 0 Å². The number of hydrogen-bond acceptors (Lipinski definition) is 6. The number of thioether (sulfide) groups is 1. The van der Waals surface area contributed by atoms with Crippen molar-refractivity contribution in [2.45, 2.75) is 46.1 Å². The highest BCUT2D eigenvalue weighted by atomic mass is 32.2. The SMILES string of the molecule is CCC(=O)Nc1cc(NC(=O)CSc2nc(C)nc3sc(C)c(C)c23)ccc1C. The standard InChI is InChI=1S/C21H24N4O2S2/c1-6-17(26)25-16-9-15(8-7-11(16)2)24-18(27)10-28-20-19-12(3)13(4)29-21(19)23-14(5)22-20/h7-9H,6,10H2,1-5H3,(H,24,27)(H,25,26). The lowest BCUT2D eigenvalue weighted by Crippen LogP contribution is -2.15. The van der Waals surface area contributed by atoms with Crippen molar-refractivity contribution in [3.05, 3.63) is 40.0 Å². The molecule has 0 aliphatic heterocycles. The molecule has 0 saturated carbocycles. The van der Waals surface area contributed by atoms with Crippen molar-refractivity contribution < 1.29 is 9.59 Å². The first-order chi connectivity index (χ1) is 13.8. The van der Waals surface area contributed by atoms with Crippen molar-refractivity contribution in [1.82, 2.24) is 9.97 Å². The molecule has 0 spiro atoms. The molecule has 29 heavy (non-hydrogen) atoms. The molecule has 2 N–H and O–H groups in total. The Labute approximate surface area is 178 Å². The molecular weight excluding hydrogens is 404 g/mol. The third-order valence-electron chi connectivity index (χ3n) is 4.56. The predicted molar refractivity (Wildman–Crippen MR) is 121 cm³/mol. The first-order valence-electron chi connectivity index (χ1n) is 9.36. The summed E-state index contributed by atoms with van der Waals surface area (Å²) in [7, 11) is 0. The van der Waals surface area contributed by atoms with Crippen molar-refractivity contribution in [2.75, 3.05) is 16.4 Å². The minimum Gasteiger partial charge on any atom is -0.326 e. The molecule has 152 valence electrons. The highest BCUT2D eigenvalue weighted by Gasteiger charge is 2.15. The van der Waals surface area contributed by atoms with Gasteiger partial charge in [0.15, 0.2) is 0 Å². The number of thiophene rings is 1. The topological polar surface area (TPSA) is 84.0 Å². The summed E-state index contributed by atoms with van der Waals surface area (Å²) < 4.78 is 0. The molecule has 2 heterocycles. The van der Waals surface area contributed by atoms with Crippen LogP contribution in [-0.2, 0) is 9.59 Å². The number of aromatic nitrogens is 2. The number of carbonyl (C=O) groups excluding carboxylic acids is 2. The summed E-state index contributed by atoms with van der Waals surface area (Å²) in [5, 5.41) is 7.63. The Morgan fingerprint density at radius 2 is 1.83 bits per heavy atom. The van der Waals surface area contributed by atoms with Crippen LogP contribution in [0.25, 0.3) is 10.2 Å². The maximum atomic E-state index is 12.5. The lowest BCUT2D eigenvalue weighted by atomic mass is 10.1. The molecule has 6 nitrogen and oxygen atoms in total. The molecule has 8 heteroatoms. The second-order valence-electron chi connectivity index (χ2n) is 6.81. The zero-order valence-electron chi connectivity index (χ0n) is 17.2. The number of aryl methyl sites for hydroxylation is 4. The van der Waals surface area contributed by atoms with Crippen molar-refractivity contribution in [3.8, 4) is 0 Å². The molecule has 0 fully saturated rings. The number of benzene rings is 1. The van der Waals surface area contributed by atoms with Crippen LogP contribution in [0.5, 0.6) is 0 Å². The first-order valence-corrected chi connectivity index (χ1v) is 11.2. The van der Waals surface area contributed by atoms with Gasteiger partial charge in [-0.3, -0.25) is 9.59 Å². The highest BCUT2D eigenvalue weighted by molar-refractivity contribution is 8.00. The van der Waals surface area contributed by atoms with Crippen LogP contribution in [0, 0.1) is 27.7 Å². The fourth-order valence-electron chi connectivity index (χ4n) is 2.82. The van der Waals surface area contributed by atoms with Crippen LogP contribution in [0.4, 0.5) is 11.4 Å². The number of carbonyl (C=O) groups is 2. The van der Waals surface area contributed by atoms with E-state index in [1.165, 1.54) is 22.2 Å². The molecule has 3 aromatic rings. The molecule has 2 aromatic heterocycles. The number of anilines is 2. The number of amides is 2. The van der Waals surface area contributed by atoms with Crippen molar-refractivity contribution >= 4 is 56.5 Å². The van der Waals surface area contributed by atoms with Crippen LogP contribution >= 0.6 is 23.1 Å². The van der Waals surface area contributed by atoms with Gasteiger partial charge in [-0.2, -0.15) is 0 Å². The number of rotatable bonds is 6. The van der Waals surface area contributed by atoms with Gasteiger partial charge in [0, 0.05) is 28.1 Å². The van der Waals surface area contributed by atoms with Crippen molar-refractivity contribution in [3.63, 3.8) is 0 Å². The molecule has 0 unspecified atom stereocenters. The predicted octanol–water partition coefficient (Wildman–Crippen LogP) is 5.00. The summed E-state index contributed by atoms with van der Waals surface area (Å²) in [6.45, 7) is 9.73. The molecule has 0 atom stereocenters. The van der Waals surface area contributed by atoms with Gasteiger partial charge in [0.05, 0.1) is 5.75 Å². The first kappa shape index (κ1) is 21.3. The quantitative estimate of drug-likeness (QED) is 0.426. The minimum absolute atomic E-state index is 0.0586. The summed E-state index contributed by atoms with van der Waals surface area (Å²) >= 11 is 3.07. The smallest absolute Gasteiger partial charge is 0.234 e. The zero-order chi connectivity index (χ0) is 21.1. The van der Waals surface area contributed by atoms with Gasteiger partial charge in [-0.25, -0.2) is 9.97 Å². The molecule has 0 radical (unpaired) electrons.